The number of rotatable bonds is 4. The van der Waals surface area contributed by atoms with Crippen molar-refractivity contribution >= 4 is 0 Å². The Morgan fingerprint density at radius 3 is 2.83 bits per heavy atom. The Hall–Kier alpha value is -1.03. The van der Waals surface area contributed by atoms with Gasteiger partial charge in [0.2, 0.25) is 5.88 Å². The summed E-state index contributed by atoms with van der Waals surface area (Å²) in [4.78, 5) is 2.21. The summed E-state index contributed by atoms with van der Waals surface area (Å²) < 4.78 is 8.00. The van der Waals surface area contributed by atoms with E-state index in [1.807, 2.05) is 10.9 Å². The maximum absolute atomic E-state index is 5.97. The predicted molar refractivity (Wildman–Crippen MR) is 73.1 cm³/mol. The second kappa shape index (κ2) is 4.92. The van der Waals surface area contributed by atoms with Gasteiger partial charge >= 0.3 is 0 Å². The van der Waals surface area contributed by atoms with E-state index in [-0.39, 0.29) is 5.41 Å². The molecule has 1 aromatic heterocycles. The fraction of sp³-hybridized carbons (Fsp3) is 0.786. The van der Waals surface area contributed by atoms with Crippen LogP contribution in [-0.4, -0.2) is 41.9 Å². The maximum Gasteiger partial charge on any atom is 0.215 e. The van der Waals surface area contributed by atoms with Crippen molar-refractivity contribution < 1.29 is 4.74 Å². The largest absolute Gasteiger partial charge is 0.477 e. The summed E-state index contributed by atoms with van der Waals surface area (Å²) in [6.45, 7) is 9.53. The molecular formula is C14H25N3O. The van der Waals surface area contributed by atoms with Crippen LogP contribution in [0.3, 0.4) is 0 Å². The minimum Gasteiger partial charge on any atom is -0.477 e. The van der Waals surface area contributed by atoms with E-state index in [9.17, 15) is 0 Å². The minimum absolute atomic E-state index is 0.141. The van der Waals surface area contributed by atoms with Crippen LogP contribution in [0.4, 0.5) is 0 Å². The van der Waals surface area contributed by atoms with Crippen LogP contribution in [0.25, 0.3) is 0 Å². The molecule has 0 fully saturated rings. The first-order valence-corrected chi connectivity index (χ1v) is 6.78. The van der Waals surface area contributed by atoms with E-state index in [1.165, 1.54) is 5.56 Å². The molecule has 1 aliphatic rings. The van der Waals surface area contributed by atoms with Crippen LogP contribution in [0.2, 0.25) is 0 Å². The molecule has 0 radical (unpaired) electrons. The Labute approximate surface area is 110 Å². The molecule has 4 heteroatoms. The molecule has 1 aliphatic heterocycles. The van der Waals surface area contributed by atoms with E-state index in [0.29, 0.717) is 5.92 Å². The van der Waals surface area contributed by atoms with E-state index < -0.39 is 0 Å². The number of hydrogen-bond acceptors (Lipinski definition) is 3. The lowest BCUT2D eigenvalue weighted by Crippen LogP contribution is -2.34. The van der Waals surface area contributed by atoms with Crippen molar-refractivity contribution in [2.24, 2.45) is 5.92 Å². The number of hydrogen-bond donors (Lipinski definition) is 0. The van der Waals surface area contributed by atoms with Crippen molar-refractivity contribution in [3.05, 3.63) is 11.8 Å². The summed E-state index contributed by atoms with van der Waals surface area (Å²) in [5.41, 5.74) is 1.38. The second-order valence-electron chi connectivity index (χ2n) is 6.22. The minimum atomic E-state index is 0.141. The first-order valence-electron chi connectivity index (χ1n) is 6.78. The third-order valence-corrected chi connectivity index (χ3v) is 3.91. The summed E-state index contributed by atoms with van der Waals surface area (Å²) >= 11 is 0. The second-order valence-corrected chi connectivity index (χ2v) is 6.22. The van der Waals surface area contributed by atoms with E-state index in [0.717, 1.165) is 32.0 Å². The van der Waals surface area contributed by atoms with Gasteiger partial charge in [-0.3, -0.25) is 0 Å². The van der Waals surface area contributed by atoms with E-state index in [2.05, 4.69) is 44.9 Å². The quantitative estimate of drug-likeness (QED) is 0.821. The van der Waals surface area contributed by atoms with E-state index >= 15 is 0 Å². The lowest BCUT2D eigenvalue weighted by Gasteiger charge is -2.29. The van der Waals surface area contributed by atoms with Crippen LogP contribution in [0.15, 0.2) is 6.20 Å². The molecule has 0 spiro atoms. The van der Waals surface area contributed by atoms with Gasteiger partial charge in [0.1, 0.15) is 0 Å². The van der Waals surface area contributed by atoms with Crippen LogP contribution < -0.4 is 4.74 Å². The van der Waals surface area contributed by atoms with Gasteiger partial charge in [-0.2, -0.15) is 5.10 Å². The Bertz CT molecular complexity index is 409. The van der Waals surface area contributed by atoms with Crippen LogP contribution in [-0.2, 0) is 12.0 Å². The predicted octanol–water partition coefficient (Wildman–Crippen LogP) is 2.14. The SMILES string of the molecule is CCC(C)(C)c1cnn2c1OCC(CN(C)C)C2. The van der Waals surface area contributed by atoms with Crippen molar-refractivity contribution in [2.45, 2.75) is 39.2 Å². The highest BCUT2D eigenvalue weighted by Crippen LogP contribution is 2.36. The molecule has 1 unspecified atom stereocenters. The number of aromatic nitrogens is 2. The van der Waals surface area contributed by atoms with Crippen LogP contribution >= 0.6 is 0 Å². The fourth-order valence-electron chi connectivity index (χ4n) is 2.43. The topological polar surface area (TPSA) is 30.3 Å². The zero-order chi connectivity index (χ0) is 13.3. The van der Waals surface area contributed by atoms with Gasteiger partial charge in [-0.25, -0.2) is 4.68 Å². The molecule has 2 rings (SSSR count). The average molecular weight is 251 g/mol. The molecule has 0 bridgehead atoms. The Kier molecular flexibility index (Phi) is 3.66. The van der Waals surface area contributed by atoms with Crippen molar-refractivity contribution in [1.29, 1.82) is 0 Å². The van der Waals surface area contributed by atoms with Gasteiger partial charge < -0.3 is 9.64 Å². The smallest absolute Gasteiger partial charge is 0.215 e. The molecule has 18 heavy (non-hydrogen) atoms. The summed E-state index contributed by atoms with van der Waals surface area (Å²) in [5.74, 6) is 1.52. The van der Waals surface area contributed by atoms with Gasteiger partial charge in [0.05, 0.1) is 19.3 Å². The molecule has 1 aromatic rings. The zero-order valence-corrected chi connectivity index (χ0v) is 12.2. The Morgan fingerprint density at radius 1 is 1.50 bits per heavy atom. The van der Waals surface area contributed by atoms with Crippen LogP contribution in [0.1, 0.15) is 32.8 Å². The van der Waals surface area contributed by atoms with E-state index in [4.69, 9.17) is 4.74 Å². The highest BCUT2D eigenvalue weighted by atomic mass is 16.5. The Balaban J connectivity index is 2.17. The Morgan fingerprint density at radius 2 is 2.22 bits per heavy atom. The summed E-state index contributed by atoms with van der Waals surface area (Å²) in [6, 6.07) is 0. The first kappa shape index (κ1) is 13.4. The van der Waals surface area contributed by atoms with Crippen LogP contribution in [0, 0.1) is 5.92 Å². The highest BCUT2D eigenvalue weighted by molar-refractivity contribution is 5.32. The van der Waals surface area contributed by atoms with E-state index in [1.54, 1.807) is 0 Å². The molecule has 4 nitrogen and oxygen atoms in total. The normalized spacial score (nSPS) is 19.8. The first-order chi connectivity index (χ1) is 8.44. The molecule has 102 valence electrons. The lowest BCUT2D eigenvalue weighted by molar-refractivity contribution is 0.136. The molecule has 0 aromatic carbocycles. The third kappa shape index (κ3) is 2.53. The average Bonchev–Trinajstić information content (AvgIpc) is 2.71. The summed E-state index contributed by atoms with van der Waals surface area (Å²) in [7, 11) is 4.20. The van der Waals surface area contributed by atoms with Crippen LogP contribution in [0.5, 0.6) is 5.88 Å². The number of nitrogens with zero attached hydrogens (tertiary/aromatic N) is 3. The highest BCUT2D eigenvalue weighted by Gasteiger charge is 2.30. The van der Waals surface area contributed by atoms with Gasteiger partial charge in [-0.1, -0.05) is 20.8 Å². The van der Waals surface area contributed by atoms with Crippen molar-refractivity contribution in [1.82, 2.24) is 14.7 Å². The molecule has 1 atom stereocenters. The molecular weight excluding hydrogens is 226 g/mol. The molecule has 0 aliphatic carbocycles. The van der Waals surface area contributed by atoms with Crippen molar-refractivity contribution in [3.63, 3.8) is 0 Å². The van der Waals surface area contributed by atoms with Gasteiger partial charge in [-0.05, 0) is 25.9 Å². The summed E-state index contributed by atoms with van der Waals surface area (Å²) in [6.07, 6.45) is 3.08. The number of fused-ring (bicyclic) bond motifs is 1. The summed E-state index contributed by atoms with van der Waals surface area (Å²) in [5, 5.41) is 4.50. The van der Waals surface area contributed by atoms with Gasteiger partial charge in [-0.15, -0.1) is 0 Å². The molecule has 0 saturated heterocycles. The lowest BCUT2D eigenvalue weighted by atomic mass is 9.84. The van der Waals surface area contributed by atoms with Gasteiger partial charge in [0.15, 0.2) is 0 Å². The fourth-order valence-corrected chi connectivity index (χ4v) is 2.43. The zero-order valence-electron chi connectivity index (χ0n) is 12.2. The molecule has 0 N–H and O–H groups in total. The standard InChI is InChI=1S/C14H25N3O/c1-6-14(2,3)12-7-15-17-9-11(8-16(4)5)10-18-13(12)17/h7,11H,6,8-10H2,1-5H3. The van der Waals surface area contributed by atoms with Gasteiger partial charge in [0, 0.05) is 18.0 Å². The third-order valence-electron chi connectivity index (χ3n) is 3.91. The number of ether oxygens (including phenoxy) is 1. The van der Waals surface area contributed by atoms with Crippen molar-refractivity contribution in [2.75, 3.05) is 27.2 Å². The van der Waals surface area contributed by atoms with Crippen molar-refractivity contribution in [3.8, 4) is 5.88 Å². The monoisotopic (exact) mass is 251 g/mol. The molecule has 0 saturated carbocycles. The maximum atomic E-state index is 5.97. The molecule has 2 heterocycles. The van der Waals surface area contributed by atoms with Gasteiger partial charge in [0.25, 0.3) is 0 Å². The molecule has 0 amide bonds.